The molecule has 0 fully saturated rings. The highest BCUT2D eigenvalue weighted by atomic mass is 32.1. The van der Waals surface area contributed by atoms with E-state index in [9.17, 15) is 4.79 Å². The highest BCUT2D eigenvalue weighted by Gasteiger charge is 2.16. The monoisotopic (exact) mass is 599 g/mol. The van der Waals surface area contributed by atoms with E-state index in [2.05, 4.69) is 18.1 Å². The van der Waals surface area contributed by atoms with Crippen LogP contribution in [0.15, 0.2) is 73.8 Å². The van der Waals surface area contributed by atoms with Gasteiger partial charge in [0, 0.05) is 11.1 Å². The Morgan fingerprint density at radius 1 is 0.791 bits per heavy atom. The summed E-state index contributed by atoms with van der Waals surface area (Å²) in [6.07, 6.45) is 6.69. The Labute approximate surface area is 255 Å². The van der Waals surface area contributed by atoms with Gasteiger partial charge >= 0.3 is 0 Å². The van der Waals surface area contributed by atoms with Crippen molar-refractivity contribution in [3.05, 3.63) is 95.5 Å². The molecule has 0 amide bonds. The summed E-state index contributed by atoms with van der Waals surface area (Å²) in [5.74, 6) is 2.81. The third-order valence-electron chi connectivity index (χ3n) is 6.33. The van der Waals surface area contributed by atoms with Crippen molar-refractivity contribution in [2.45, 2.75) is 0 Å². The molecule has 0 aliphatic heterocycles. The van der Waals surface area contributed by atoms with Crippen LogP contribution < -0.4 is 28.4 Å². The van der Waals surface area contributed by atoms with E-state index in [1.165, 1.54) is 27.4 Å². The Bertz CT molecular complexity index is 1570. The van der Waals surface area contributed by atoms with Crippen LogP contribution in [0.25, 0.3) is 28.8 Å². The minimum Gasteiger partial charge on any atom is -0.493 e. The van der Waals surface area contributed by atoms with Crippen molar-refractivity contribution in [3.63, 3.8) is 0 Å². The van der Waals surface area contributed by atoms with Crippen LogP contribution >= 0.6 is 11.3 Å². The van der Waals surface area contributed by atoms with E-state index in [0.717, 1.165) is 26.7 Å². The molecule has 0 bridgehead atoms. The van der Waals surface area contributed by atoms with Crippen molar-refractivity contribution in [2.24, 2.45) is 0 Å². The summed E-state index contributed by atoms with van der Waals surface area (Å²) >= 11 is 1.56. The van der Waals surface area contributed by atoms with Crippen molar-refractivity contribution in [1.29, 1.82) is 0 Å². The number of nitrogens with zero attached hydrogens (tertiary/aromatic N) is 1. The lowest BCUT2D eigenvalue weighted by molar-refractivity contribution is 0.104. The third kappa shape index (κ3) is 7.44. The number of aromatic nitrogens is 1. The van der Waals surface area contributed by atoms with E-state index in [-0.39, 0.29) is 12.4 Å². The summed E-state index contributed by atoms with van der Waals surface area (Å²) < 4.78 is 33.3. The molecule has 1 heterocycles. The standard InChI is InChI=1S/C34H33NO7S/c1-7-26-32(8-2)43-34(35-26)23-11-13-25(14-12-23)41-17-18-42-29-19-22(10-16-28(29)37-3)9-15-27(36)24-20-30(38-4)33(40-6)31(21-24)39-5/h7-16,19-21H,1-2,17-18H2,3-6H3/b15-9+. The number of rotatable bonds is 15. The summed E-state index contributed by atoms with van der Waals surface area (Å²) in [6, 6.07) is 16.4. The van der Waals surface area contributed by atoms with Crippen LogP contribution in [0.4, 0.5) is 0 Å². The fraction of sp³-hybridized carbons (Fsp3) is 0.176. The first-order chi connectivity index (χ1) is 20.9. The van der Waals surface area contributed by atoms with Crippen LogP contribution in [0.3, 0.4) is 0 Å². The molecule has 4 aromatic rings. The first-order valence-corrected chi connectivity index (χ1v) is 14.1. The van der Waals surface area contributed by atoms with Crippen LogP contribution in [-0.4, -0.2) is 52.4 Å². The molecule has 222 valence electrons. The van der Waals surface area contributed by atoms with Crippen LogP contribution in [0.2, 0.25) is 0 Å². The smallest absolute Gasteiger partial charge is 0.203 e. The van der Waals surface area contributed by atoms with Crippen LogP contribution in [0.5, 0.6) is 34.5 Å². The SMILES string of the molecule is C=Cc1nc(-c2ccc(OCCOc3cc(/C=C/C(=O)c4cc(OC)c(OC)c(OC)c4)ccc3OC)cc2)sc1C=C. The first-order valence-electron chi connectivity index (χ1n) is 13.3. The molecule has 0 radical (unpaired) electrons. The lowest BCUT2D eigenvalue weighted by atomic mass is 10.1. The van der Waals surface area contributed by atoms with Gasteiger partial charge in [-0.05, 0) is 72.3 Å². The van der Waals surface area contributed by atoms with E-state index >= 15 is 0 Å². The van der Waals surface area contributed by atoms with E-state index in [4.69, 9.17) is 28.4 Å². The van der Waals surface area contributed by atoms with Gasteiger partial charge in [-0.25, -0.2) is 4.98 Å². The second kappa shape index (κ2) is 14.7. The average molecular weight is 600 g/mol. The van der Waals surface area contributed by atoms with Crippen molar-refractivity contribution >= 4 is 35.3 Å². The maximum absolute atomic E-state index is 12.9. The number of benzene rings is 3. The van der Waals surface area contributed by atoms with Crippen LogP contribution in [0.1, 0.15) is 26.5 Å². The largest absolute Gasteiger partial charge is 0.493 e. The fourth-order valence-electron chi connectivity index (χ4n) is 4.17. The molecule has 0 aliphatic carbocycles. The number of carbonyl (C=O) groups excluding carboxylic acids is 1. The zero-order valence-electron chi connectivity index (χ0n) is 24.5. The molecule has 0 N–H and O–H groups in total. The lowest BCUT2D eigenvalue weighted by Gasteiger charge is -2.13. The van der Waals surface area contributed by atoms with Crippen molar-refractivity contribution in [1.82, 2.24) is 4.98 Å². The van der Waals surface area contributed by atoms with Crippen molar-refractivity contribution in [3.8, 4) is 45.1 Å². The maximum atomic E-state index is 12.9. The normalized spacial score (nSPS) is 10.7. The van der Waals surface area contributed by atoms with Gasteiger partial charge < -0.3 is 28.4 Å². The van der Waals surface area contributed by atoms with Gasteiger partial charge in [0.2, 0.25) is 5.75 Å². The summed E-state index contributed by atoms with van der Waals surface area (Å²) in [5, 5.41) is 0.894. The van der Waals surface area contributed by atoms with E-state index in [1.807, 2.05) is 30.3 Å². The number of thiazole rings is 1. The Balaban J connectivity index is 1.37. The van der Waals surface area contributed by atoms with Gasteiger partial charge in [0.15, 0.2) is 28.8 Å². The molecule has 8 nitrogen and oxygen atoms in total. The van der Waals surface area contributed by atoms with Gasteiger partial charge in [-0.2, -0.15) is 0 Å². The number of carbonyl (C=O) groups is 1. The summed E-state index contributed by atoms with van der Waals surface area (Å²) in [7, 11) is 6.09. The molecule has 3 aromatic carbocycles. The van der Waals surface area contributed by atoms with Gasteiger partial charge in [-0.15, -0.1) is 11.3 Å². The minimum absolute atomic E-state index is 0.228. The summed E-state index contributed by atoms with van der Waals surface area (Å²) in [4.78, 5) is 18.5. The fourth-order valence-corrected chi connectivity index (χ4v) is 5.09. The molecule has 9 heteroatoms. The predicted molar refractivity (Wildman–Crippen MR) is 171 cm³/mol. The van der Waals surface area contributed by atoms with Gasteiger partial charge in [0.25, 0.3) is 0 Å². The van der Waals surface area contributed by atoms with Gasteiger partial charge in [-0.1, -0.05) is 25.3 Å². The van der Waals surface area contributed by atoms with Gasteiger partial charge in [0.05, 0.1) is 39.0 Å². The molecule has 0 saturated carbocycles. The lowest BCUT2D eigenvalue weighted by Crippen LogP contribution is -2.09. The Morgan fingerprint density at radius 2 is 1.47 bits per heavy atom. The summed E-state index contributed by atoms with van der Waals surface area (Å²) in [6.45, 7) is 8.25. The van der Waals surface area contributed by atoms with Crippen molar-refractivity contribution < 1.29 is 33.2 Å². The number of ketones is 1. The van der Waals surface area contributed by atoms with Gasteiger partial charge in [-0.3, -0.25) is 4.79 Å². The first kappa shape index (κ1) is 30.9. The zero-order chi connectivity index (χ0) is 30.8. The Morgan fingerprint density at radius 3 is 2.05 bits per heavy atom. The second-order valence-electron chi connectivity index (χ2n) is 8.92. The molecule has 0 atom stereocenters. The van der Waals surface area contributed by atoms with E-state index in [0.29, 0.717) is 46.7 Å². The van der Waals surface area contributed by atoms with Crippen molar-refractivity contribution in [2.75, 3.05) is 41.7 Å². The number of allylic oxidation sites excluding steroid dienone is 1. The average Bonchev–Trinajstić information content (AvgIpc) is 3.48. The molecule has 0 spiro atoms. The van der Waals surface area contributed by atoms with E-state index < -0.39 is 0 Å². The van der Waals surface area contributed by atoms with Crippen LogP contribution in [0, 0.1) is 0 Å². The topological polar surface area (TPSA) is 85.3 Å². The van der Waals surface area contributed by atoms with Gasteiger partial charge in [0.1, 0.15) is 24.0 Å². The molecule has 0 saturated heterocycles. The Kier molecular flexibility index (Phi) is 10.6. The molecular formula is C34H33NO7S. The number of hydrogen-bond donors (Lipinski definition) is 0. The second-order valence-corrected chi connectivity index (χ2v) is 9.95. The van der Waals surface area contributed by atoms with Crippen LogP contribution in [-0.2, 0) is 0 Å². The molecule has 43 heavy (non-hydrogen) atoms. The predicted octanol–water partition coefficient (Wildman–Crippen LogP) is 7.48. The number of hydrogen-bond acceptors (Lipinski definition) is 9. The number of methoxy groups -OCH3 is 4. The minimum atomic E-state index is -0.228. The zero-order valence-corrected chi connectivity index (χ0v) is 25.4. The third-order valence-corrected chi connectivity index (χ3v) is 7.45. The highest BCUT2D eigenvalue weighted by molar-refractivity contribution is 7.16. The highest BCUT2D eigenvalue weighted by Crippen LogP contribution is 2.38. The molecule has 4 rings (SSSR count). The molecule has 1 aromatic heterocycles. The number of ether oxygens (including phenoxy) is 6. The molecular weight excluding hydrogens is 566 g/mol. The molecule has 0 aliphatic rings. The molecule has 0 unspecified atom stereocenters. The van der Waals surface area contributed by atoms with E-state index in [1.54, 1.807) is 60.9 Å². The quantitative estimate of drug-likeness (QED) is 0.0790. The Hall–Kier alpha value is -5.02. The summed E-state index contributed by atoms with van der Waals surface area (Å²) in [5.41, 5.74) is 2.97. The maximum Gasteiger partial charge on any atom is 0.203 e.